The first-order valence-electron chi connectivity index (χ1n) is 10.7. The van der Waals surface area contributed by atoms with Crippen LogP contribution in [0.5, 0.6) is 0 Å². The van der Waals surface area contributed by atoms with Gasteiger partial charge in [0.2, 0.25) is 5.91 Å². The molecule has 0 spiro atoms. The average molecular weight is 426 g/mol. The van der Waals surface area contributed by atoms with Crippen molar-refractivity contribution in [3.8, 4) is 0 Å². The molecule has 0 aromatic heterocycles. The molecule has 3 aliphatic rings. The number of benzene rings is 2. The Morgan fingerprint density at radius 1 is 1.00 bits per heavy atom. The van der Waals surface area contributed by atoms with Crippen LogP contribution in [-0.4, -0.2) is 30.4 Å². The standard InChI is InChI=1S/C24H27N3O2.ClH/c28-23(15-16-13-20-9-10-21(14-16)25-20)26-19-7-5-18(6-8-19)24(29)27-12-11-17-3-1-2-4-22(17)27;/h1-8,16,20-21,25H,9-15H2,(H,26,28);1H. The SMILES string of the molecule is Cl.O=C(CC1CC2CCC(C1)N2)Nc1ccc(C(=O)N2CCc3ccccc32)cc1. The minimum atomic E-state index is 0. The van der Waals surface area contributed by atoms with Crippen molar-refractivity contribution < 1.29 is 9.59 Å². The predicted molar refractivity (Wildman–Crippen MR) is 121 cm³/mol. The maximum atomic E-state index is 12.9. The Labute approximate surface area is 183 Å². The number of piperidine rings is 1. The van der Waals surface area contributed by atoms with Crippen LogP contribution in [-0.2, 0) is 11.2 Å². The summed E-state index contributed by atoms with van der Waals surface area (Å²) in [5.74, 6) is 0.562. The molecular formula is C24H28ClN3O2. The van der Waals surface area contributed by atoms with Crippen molar-refractivity contribution >= 4 is 35.6 Å². The fourth-order valence-corrected chi connectivity index (χ4v) is 5.22. The molecular weight excluding hydrogens is 398 g/mol. The number of amides is 2. The van der Waals surface area contributed by atoms with Crippen LogP contribution in [0.15, 0.2) is 48.5 Å². The number of carbonyl (C=O) groups is 2. The number of carbonyl (C=O) groups excluding carboxylic acids is 2. The normalized spacial score (nSPS) is 24.1. The molecule has 5 nitrogen and oxygen atoms in total. The molecule has 2 bridgehead atoms. The quantitative estimate of drug-likeness (QED) is 0.772. The molecule has 6 heteroatoms. The van der Waals surface area contributed by atoms with E-state index in [2.05, 4.69) is 16.7 Å². The van der Waals surface area contributed by atoms with E-state index in [0.717, 1.165) is 37.2 Å². The van der Waals surface area contributed by atoms with Gasteiger partial charge in [-0.1, -0.05) is 18.2 Å². The van der Waals surface area contributed by atoms with Gasteiger partial charge >= 0.3 is 0 Å². The summed E-state index contributed by atoms with van der Waals surface area (Å²) in [7, 11) is 0. The molecule has 5 rings (SSSR count). The lowest BCUT2D eigenvalue weighted by Crippen LogP contribution is -2.39. The molecule has 3 aliphatic heterocycles. The number of hydrogen-bond donors (Lipinski definition) is 2. The number of rotatable bonds is 4. The third kappa shape index (κ3) is 4.23. The Morgan fingerprint density at radius 2 is 1.70 bits per heavy atom. The van der Waals surface area contributed by atoms with Crippen molar-refractivity contribution in [1.82, 2.24) is 5.32 Å². The largest absolute Gasteiger partial charge is 0.326 e. The number of nitrogens with zero attached hydrogens (tertiary/aromatic N) is 1. The van der Waals surface area contributed by atoms with E-state index < -0.39 is 0 Å². The van der Waals surface area contributed by atoms with Gasteiger partial charge in [0.25, 0.3) is 5.91 Å². The second kappa shape index (κ2) is 8.78. The Hall–Kier alpha value is -2.37. The van der Waals surface area contributed by atoms with Crippen molar-refractivity contribution in [3.05, 3.63) is 59.7 Å². The van der Waals surface area contributed by atoms with Crippen molar-refractivity contribution in [3.63, 3.8) is 0 Å². The van der Waals surface area contributed by atoms with Crippen molar-refractivity contribution in [1.29, 1.82) is 0 Å². The van der Waals surface area contributed by atoms with E-state index >= 15 is 0 Å². The van der Waals surface area contributed by atoms with E-state index in [-0.39, 0.29) is 24.2 Å². The van der Waals surface area contributed by atoms with Gasteiger partial charge in [0.1, 0.15) is 0 Å². The van der Waals surface area contributed by atoms with Gasteiger partial charge in [-0.15, -0.1) is 12.4 Å². The maximum absolute atomic E-state index is 12.9. The second-order valence-corrected chi connectivity index (χ2v) is 8.64. The number of para-hydroxylation sites is 1. The minimum Gasteiger partial charge on any atom is -0.326 e. The number of hydrogen-bond acceptors (Lipinski definition) is 3. The molecule has 2 aromatic carbocycles. The fraction of sp³-hybridized carbons (Fsp3) is 0.417. The highest BCUT2D eigenvalue weighted by atomic mass is 35.5. The van der Waals surface area contributed by atoms with Crippen LogP contribution >= 0.6 is 12.4 Å². The van der Waals surface area contributed by atoms with Crippen LogP contribution in [0.1, 0.15) is 48.0 Å². The molecule has 0 saturated carbocycles. The Bertz CT molecular complexity index is 918. The maximum Gasteiger partial charge on any atom is 0.258 e. The van der Waals surface area contributed by atoms with Crippen LogP contribution < -0.4 is 15.5 Å². The highest BCUT2D eigenvalue weighted by molar-refractivity contribution is 6.07. The van der Waals surface area contributed by atoms with E-state index in [1.807, 2.05) is 47.4 Å². The van der Waals surface area contributed by atoms with Gasteiger partial charge in [-0.25, -0.2) is 0 Å². The molecule has 3 heterocycles. The average Bonchev–Trinajstić information content (AvgIpc) is 3.31. The third-order valence-corrected chi connectivity index (χ3v) is 6.59. The summed E-state index contributed by atoms with van der Waals surface area (Å²) in [5.41, 5.74) is 3.63. The summed E-state index contributed by atoms with van der Waals surface area (Å²) in [4.78, 5) is 27.2. The van der Waals surface area contributed by atoms with Gasteiger partial charge in [0, 0.05) is 42.0 Å². The topological polar surface area (TPSA) is 61.4 Å². The van der Waals surface area contributed by atoms with E-state index in [0.29, 0.717) is 30.0 Å². The predicted octanol–water partition coefficient (Wildman–Crippen LogP) is 4.17. The molecule has 0 radical (unpaired) electrons. The third-order valence-electron chi connectivity index (χ3n) is 6.59. The van der Waals surface area contributed by atoms with E-state index in [1.54, 1.807) is 0 Å². The molecule has 2 amide bonds. The first-order chi connectivity index (χ1) is 14.2. The number of fused-ring (bicyclic) bond motifs is 3. The van der Waals surface area contributed by atoms with Crippen LogP contribution in [0.3, 0.4) is 0 Å². The first-order valence-corrected chi connectivity index (χ1v) is 10.7. The zero-order valence-electron chi connectivity index (χ0n) is 17.0. The zero-order valence-corrected chi connectivity index (χ0v) is 17.8. The Kier molecular flexibility index (Phi) is 6.11. The first kappa shape index (κ1) is 20.9. The number of anilines is 2. The molecule has 2 N–H and O–H groups in total. The number of nitrogens with one attached hydrogen (secondary N) is 2. The van der Waals surface area contributed by atoms with Crippen LogP contribution in [0.2, 0.25) is 0 Å². The van der Waals surface area contributed by atoms with Crippen molar-refractivity contribution in [2.24, 2.45) is 5.92 Å². The monoisotopic (exact) mass is 425 g/mol. The molecule has 2 atom stereocenters. The lowest BCUT2D eigenvalue weighted by molar-refractivity contribution is -0.117. The molecule has 158 valence electrons. The van der Waals surface area contributed by atoms with Crippen LogP contribution in [0.4, 0.5) is 11.4 Å². The summed E-state index contributed by atoms with van der Waals surface area (Å²) in [6, 6.07) is 16.6. The van der Waals surface area contributed by atoms with Gasteiger partial charge in [-0.05, 0) is 73.9 Å². The smallest absolute Gasteiger partial charge is 0.258 e. The van der Waals surface area contributed by atoms with Crippen molar-refractivity contribution in [2.45, 2.75) is 50.6 Å². The molecule has 2 unspecified atom stereocenters. The molecule has 2 fully saturated rings. The lowest BCUT2D eigenvalue weighted by Gasteiger charge is -2.28. The second-order valence-electron chi connectivity index (χ2n) is 8.64. The van der Waals surface area contributed by atoms with Gasteiger partial charge < -0.3 is 15.5 Å². The van der Waals surface area contributed by atoms with E-state index in [4.69, 9.17) is 0 Å². The van der Waals surface area contributed by atoms with Gasteiger partial charge in [0.15, 0.2) is 0 Å². The van der Waals surface area contributed by atoms with Crippen molar-refractivity contribution in [2.75, 3.05) is 16.8 Å². The van der Waals surface area contributed by atoms with Gasteiger partial charge in [-0.3, -0.25) is 9.59 Å². The fourth-order valence-electron chi connectivity index (χ4n) is 5.22. The highest BCUT2D eigenvalue weighted by Crippen LogP contribution is 2.33. The molecule has 30 heavy (non-hydrogen) atoms. The van der Waals surface area contributed by atoms with Crippen LogP contribution in [0.25, 0.3) is 0 Å². The summed E-state index contributed by atoms with van der Waals surface area (Å²) in [5, 5.41) is 6.63. The van der Waals surface area contributed by atoms with Gasteiger partial charge in [-0.2, -0.15) is 0 Å². The molecule has 2 saturated heterocycles. The van der Waals surface area contributed by atoms with Crippen LogP contribution in [0, 0.1) is 5.92 Å². The minimum absolute atomic E-state index is 0. The Morgan fingerprint density at radius 3 is 2.43 bits per heavy atom. The summed E-state index contributed by atoms with van der Waals surface area (Å²) < 4.78 is 0. The molecule has 0 aliphatic carbocycles. The number of halogens is 1. The van der Waals surface area contributed by atoms with E-state index in [9.17, 15) is 9.59 Å². The summed E-state index contributed by atoms with van der Waals surface area (Å²) >= 11 is 0. The Balaban J connectivity index is 0.00000218. The highest BCUT2D eigenvalue weighted by Gasteiger charge is 2.34. The lowest BCUT2D eigenvalue weighted by atomic mass is 9.89. The van der Waals surface area contributed by atoms with E-state index in [1.165, 1.54) is 18.4 Å². The molecule has 2 aromatic rings. The zero-order chi connectivity index (χ0) is 19.8. The summed E-state index contributed by atoms with van der Waals surface area (Å²) in [6.45, 7) is 0.717. The summed E-state index contributed by atoms with van der Waals surface area (Å²) in [6.07, 6.45) is 6.19. The van der Waals surface area contributed by atoms with Gasteiger partial charge in [0.05, 0.1) is 0 Å².